The highest BCUT2D eigenvalue weighted by atomic mass is 19.1. The van der Waals surface area contributed by atoms with E-state index < -0.39 is 11.4 Å². The van der Waals surface area contributed by atoms with E-state index in [1.54, 1.807) is 13.0 Å². The normalized spacial score (nSPS) is 22.5. The quantitative estimate of drug-likeness (QED) is 0.872. The number of amides is 1. The maximum Gasteiger partial charge on any atom is 0.256 e. The summed E-state index contributed by atoms with van der Waals surface area (Å²) in [6.45, 7) is 2.23. The lowest BCUT2D eigenvalue weighted by Gasteiger charge is -2.22. The summed E-state index contributed by atoms with van der Waals surface area (Å²) in [6.07, 6.45) is 1.44. The first kappa shape index (κ1) is 12.5. The van der Waals surface area contributed by atoms with Crippen molar-refractivity contribution >= 4 is 11.6 Å². The minimum atomic E-state index is -0.890. The number of rotatable bonds is 2. The van der Waals surface area contributed by atoms with E-state index in [0.29, 0.717) is 13.0 Å². The molecule has 0 aromatic heterocycles. The lowest BCUT2D eigenvalue weighted by molar-refractivity contribution is -0.133. The number of hydrogen-bond donors (Lipinski definition) is 1. The van der Waals surface area contributed by atoms with Gasteiger partial charge < -0.3 is 10.1 Å². The predicted octanol–water partition coefficient (Wildman–Crippen LogP) is 2.20. The molecule has 1 aromatic rings. The Morgan fingerprint density at radius 2 is 2.39 bits per heavy atom. The van der Waals surface area contributed by atoms with Crippen molar-refractivity contribution in [3.63, 3.8) is 0 Å². The predicted molar refractivity (Wildman–Crippen MR) is 63.3 cm³/mol. The molecule has 1 aliphatic rings. The molecular formula is C13H13FN2O2. The van der Waals surface area contributed by atoms with Crippen LogP contribution < -0.4 is 5.32 Å². The molecule has 1 aliphatic heterocycles. The van der Waals surface area contributed by atoms with Crippen LogP contribution in [0.1, 0.15) is 25.3 Å². The van der Waals surface area contributed by atoms with Crippen molar-refractivity contribution in [3.05, 3.63) is 29.6 Å². The van der Waals surface area contributed by atoms with Gasteiger partial charge in [0, 0.05) is 6.61 Å². The summed E-state index contributed by atoms with van der Waals surface area (Å²) >= 11 is 0. The van der Waals surface area contributed by atoms with Crippen molar-refractivity contribution in [1.82, 2.24) is 0 Å². The fourth-order valence-corrected chi connectivity index (χ4v) is 1.95. The van der Waals surface area contributed by atoms with Crippen LogP contribution in [0.15, 0.2) is 18.2 Å². The van der Waals surface area contributed by atoms with Gasteiger partial charge in [0.2, 0.25) is 0 Å². The zero-order chi connectivity index (χ0) is 13.2. The third kappa shape index (κ3) is 2.20. The number of halogens is 1. The van der Waals surface area contributed by atoms with Crippen LogP contribution in [0, 0.1) is 17.1 Å². The lowest BCUT2D eigenvalue weighted by atomic mass is 10.0. The number of nitriles is 1. The molecule has 1 N–H and O–H groups in total. The van der Waals surface area contributed by atoms with E-state index in [1.165, 1.54) is 18.2 Å². The molecule has 0 spiro atoms. The molecule has 1 saturated heterocycles. The van der Waals surface area contributed by atoms with Crippen molar-refractivity contribution < 1.29 is 13.9 Å². The lowest BCUT2D eigenvalue weighted by Crippen LogP contribution is -2.39. The van der Waals surface area contributed by atoms with Gasteiger partial charge in [-0.25, -0.2) is 4.39 Å². The van der Waals surface area contributed by atoms with Crippen LogP contribution in [0.25, 0.3) is 0 Å². The van der Waals surface area contributed by atoms with Gasteiger partial charge >= 0.3 is 0 Å². The number of hydrogen-bond acceptors (Lipinski definition) is 3. The highest BCUT2D eigenvalue weighted by Crippen LogP contribution is 2.27. The summed E-state index contributed by atoms with van der Waals surface area (Å²) in [5.41, 5.74) is -0.870. The molecule has 2 rings (SSSR count). The van der Waals surface area contributed by atoms with E-state index in [1.807, 2.05) is 0 Å². The number of nitrogens with zero attached hydrogens (tertiary/aromatic N) is 1. The average molecular weight is 248 g/mol. The van der Waals surface area contributed by atoms with Gasteiger partial charge in [-0.3, -0.25) is 4.79 Å². The first-order chi connectivity index (χ1) is 8.57. The van der Waals surface area contributed by atoms with E-state index in [4.69, 9.17) is 10.00 Å². The van der Waals surface area contributed by atoms with E-state index in [9.17, 15) is 9.18 Å². The number of benzene rings is 1. The Morgan fingerprint density at radius 3 is 3.00 bits per heavy atom. The van der Waals surface area contributed by atoms with Crippen LogP contribution in [0.3, 0.4) is 0 Å². The highest BCUT2D eigenvalue weighted by molar-refractivity contribution is 5.98. The summed E-state index contributed by atoms with van der Waals surface area (Å²) < 4.78 is 18.8. The molecule has 94 valence electrons. The second-order valence-corrected chi connectivity index (χ2v) is 4.41. The van der Waals surface area contributed by atoms with Gasteiger partial charge in [0.15, 0.2) is 0 Å². The fraction of sp³-hybridized carbons (Fsp3) is 0.385. The molecule has 1 heterocycles. The maximum atomic E-state index is 13.4. The Balaban J connectivity index is 2.22. The molecule has 0 radical (unpaired) electrons. The van der Waals surface area contributed by atoms with Crippen molar-refractivity contribution in [1.29, 1.82) is 5.26 Å². The van der Waals surface area contributed by atoms with Crippen LogP contribution in [0.2, 0.25) is 0 Å². The van der Waals surface area contributed by atoms with Gasteiger partial charge in [0.25, 0.3) is 5.91 Å². The van der Waals surface area contributed by atoms with E-state index in [0.717, 1.165) is 6.42 Å². The van der Waals surface area contributed by atoms with Crippen LogP contribution in [0.4, 0.5) is 10.1 Å². The van der Waals surface area contributed by atoms with Crippen LogP contribution in [-0.4, -0.2) is 18.1 Å². The van der Waals surface area contributed by atoms with Crippen molar-refractivity contribution in [2.24, 2.45) is 0 Å². The number of carbonyl (C=O) groups is 1. The third-order valence-electron chi connectivity index (χ3n) is 3.07. The summed E-state index contributed by atoms with van der Waals surface area (Å²) in [7, 11) is 0. The molecule has 1 aromatic carbocycles. The minimum Gasteiger partial charge on any atom is -0.365 e. The topological polar surface area (TPSA) is 62.1 Å². The van der Waals surface area contributed by atoms with Gasteiger partial charge in [0.1, 0.15) is 23.1 Å². The molecule has 1 atom stereocenters. The van der Waals surface area contributed by atoms with Crippen LogP contribution >= 0.6 is 0 Å². The second kappa shape index (κ2) is 4.75. The summed E-state index contributed by atoms with van der Waals surface area (Å²) in [5.74, 6) is -0.991. The Labute approximate surface area is 104 Å². The van der Waals surface area contributed by atoms with Crippen LogP contribution in [0.5, 0.6) is 0 Å². The first-order valence-corrected chi connectivity index (χ1v) is 5.71. The van der Waals surface area contributed by atoms with E-state index in [-0.39, 0.29) is 17.2 Å². The molecule has 0 saturated carbocycles. The molecule has 1 unspecified atom stereocenters. The molecule has 0 aliphatic carbocycles. The van der Waals surface area contributed by atoms with Crippen molar-refractivity contribution in [2.45, 2.75) is 25.4 Å². The van der Waals surface area contributed by atoms with Gasteiger partial charge in [-0.15, -0.1) is 0 Å². The largest absolute Gasteiger partial charge is 0.365 e. The van der Waals surface area contributed by atoms with E-state index in [2.05, 4.69) is 5.32 Å². The zero-order valence-electron chi connectivity index (χ0n) is 10.00. The standard InChI is InChI=1S/C13H13FN2O2/c1-13(6-3-7-18-13)12(17)16-11-5-2-4-10(14)9(11)8-15/h2,4-5H,3,6-7H2,1H3,(H,16,17). The number of nitrogens with one attached hydrogen (secondary N) is 1. The Morgan fingerprint density at radius 1 is 1.61 bits per heavy atom. The average Bonchev–Trinajstić information content (AvgIpc) is 2.78. The molecular weight excluding hydrogens is 235 g/mol. The maximum absolute atomic E-state index is 13.4. The molecule has 0 bridgehead atoms. The molecule has 4 nitrogen and oxygen atoms in total. The number of ether oxygens (including phenoxy) is 1. The van der Waals surface area contributed by atoms with Gasteiger partial charge in [-0.1, -0.05) is 6.07 Å². The van der Waals surface area contributed by atoms with Gasteiger partial charge in [-0.05, 0) is 31.9 Å². The highest BCUT2D eigenvalue weighted by Gasteiger charge is 2.38. The molecule has 1 amide bonds. The SMILES string of the molecule is CC1(C(=O)Nc2cccc(F)c2C#N)CCCO1. The van der Waals surface area contributed by atoms with Crippen molar-refractivity contribution in [2.75, 3.05) is 11.9 Å². The zero-order valence-corrected chi connectivity index (χ0v) is 10.00. The van der Waals surface area contributed by atoms with Gasteiger partial charge in [-0.2, -0.15) is 5.26 Å². The summed E-state index contributed by atoms with van der Waals surface area (Å²) in [4.78, 5) is 12.0. The number of anilines is 1. The Kier molecular flexibility index (Phi) is 3.30. The summed E-state index contributed by atoms with van der Waals surface area (Å²) in [5, 5.41) is 11.4. The second-order valence-electron chi connectivity index (χ2n) is 4.41. The fourth-order valence-electron chi connectivity index (χ4n) is 1.95. The summed E-state index contributed by atoms with van der Waals surface area (Å²) in [6, 6.07) is 5.87. The van der Waals surface area contributed by atoms with Crippen LogP contribution in [-0.2, 0) is 9.53 Å². The molecule has 18 heavy (non-hydrogen) atoms. The van der Waals surface area contributed by atoms with Gasteiger partial charge in [0.05, 0.1) is 5.69 Å². The molecule has 5 heteroatoms. The first-order valence-electron chi connectivity index (χ1n) is 5.71. The minimum absolute atomic E-state index is 0.160. The Hall–Kier alpha value is -1.93. The Bertz CT molecular complexity index is 516. The number of carbonyl (C=O) groups excluding carboxylic acids is 1. The van der Waals surface area contributed by atoms with E-state index >= 15 is 0 Å². The molecule has 1 fully saturated rings. The third-order valence-corrected chi connectivity index (χ3v) is 3.07. The monoisotopic (exact) mass is 248 g/mol. The van der Waals surface area contributed by atoms with Crippen molar-refractivity contribution in [3.8, 4) is 6.07 Å². The smallest absolute Gasteiger partial charge is 0.256 e.